The fourth-order valence-electron chi connectivity index (χ4n) is 3.46. The molecule has 0 aliphatic carbocycles. The molecule has 0 spiro atoms. The number of phenols is 1. The van der Waals surface area contributed by atoms with Crippen LogP contribution in [0.25, 0.3) is 0 Å². The van der Waals surface area contributed by atoms with E-state index in [2.05, 4.69) is 10.3 Å². The maximum Gasteiger partial charge on any atom is 0.416 e. The summed E-state index contributed by atoms with van der Waals surface area (Å²) >= 11 is 0. The number of aromatic nitrogens is 1. The van der Waals surface area contributed by atoms with Crippen LogP contribution < -0.4 is 25.1 Å². The molecule has 0 atom stereocenters. The van der Waals surface area contributed by atoms with Crippen LogP contribution in [0.2, 0.25) is 0 Å². The van der Waals surface area contributed by atoms with Crippen LogP contribution in [0.1, 0.15) is 27.0 Å². The van der Waals surface area contributed by atoms with Crippen molar-refractivity contribution in [3.63, 3.8) is 0 Å². The van der Waals surface area contributed by atoms with Gasteiger partial charge in [-0.15, -0.1) is 0 Å². The molecule has 0 aliphatic rings. The number of amides is 1. The third kappa shape index (κ3) is 7.79. The second-order valence-electron chi connectivity index (χ2n) is 8.54. The molecule has 0 bridgehead atoms. The van der Waals surface area contributed by atoms with Gasteiger partial charge >= 0.3 is 6.18 Å². The number of aromatic hydroxyl groups is 1. The maximum atomic E-state index is 13.2. The summed E-state index contributed by atoms with van der Waals surface area (Å²) in [5.41, 5.74) is 0.251. The first-order valence-corrected chi connectivity index (χ1v) is 11.8. The third-order valence-corrected chi connectivity index (χ3v) is 5.46. The Morgan fingerprint density at radius 1 is 0.825 bits per heavy atom. The number of aromatic amines is 1. The highest BCUT2D eigenvalue weighted by atomic mass is 19.4. The average molecular weight is 557 g/mol. The zero-order valence-electron chi connectivity index (χ0n) is 22.1. The van der Waals surface area contributed by atoms with Crippen molar-refractivity contribution in [2.24, 2.45) is 0 Å². The Hall–Kier alpha value is -4.93. The number of halogens is 3. The van der Waals surface area contributed by atoms with Crippen molar-refractivity contribution < 1.29 is 37.3 Å². The van der Waals surface area contributed by atoms with Gasteiger partial charge in [0.05, 0.1) is 25.3 Å². The topological polar surface area (TPSA) is 110 Å². The number of ether oxygens (including phenoxy) is 3. The minimum Gasteiger partial charge on any atom is -0.504 e. The van der Waals surface area contributed by atoms with Gasteiger partial charge in [0.25, 0.3) is 5.91 Å². The molecule has 3 aromatic carbocycles. The molecule has 210 valence electrons. The fraction of sp³-hybridized carbons (Fsp3) is 0.172. The van der Waals surface area contributed by atoms with E-state index < -0.39 is 23.2 Å². The maximum absolute atomic E-state index is 13.2. The zero-order chi connectivity index (χ0) is 29.4. The first-order valence-electron chi connectivity index (χ1n) is 11.8. The van der Waals surface area contributed by atoms with E-state index in [0.717, 1.165) is 29.3 Å². The molecule has 3 N–H and O–H groups in total. The number of aryl methyl sites for hydroxylation is 2. The lowest BCUT2D eigenvalue weighted by Gasteiger charge is -2.16. The third-order valence-electron chi connectivity index (χ3n) is 5.46. The summed E-state index contributed by atoms with van der Waals surface area (Å²) < 4.78 is 55.4. The van der Waals surface area contributed by atoms with Gasteiger partial charge in [-0.3, -0.25) is 9.59 Å². The Balaban J connectivity index is 0.000000371. The molecule has 1 amide bonds. The van der Waals surface area contributed by atoms with Crippen molar-refractivity contribution in [3.8, 4) is 28.7 Å². The van der Waals surface area contributed by atoms with Crippen molar-refractivity contribution in [3.05, 3.63) is 106 Å². The van der Waals surface area contributed by atoms with Crippen molar-refractivity contribution >= 4 is 11.6 Å². The number of hydrogen-bond donors (Lipinski definition) is 3. The Morgan fingerprint density at radius 2 is 1.45 bits per heavy atom. The van der Waals surface area contributed by atoms with Crippen LogP contribution in [0.5, 0.6) is 28.7 Å². The quantitative estimate of drug-likeness (QED) is 0.251. The first kappa shape index (κ1) is 29.6. The second kappa shape index (κ2) is 12.7. The molecule has 4 aromatic rings. The first-order chi connectivity index (χ1) is 18.9. The number of nitrogens with one attached hydrogen (secondary N) is 2. The number of H-pyrrole nitrogens is 1. The van der Waals surface area contributed by atoms with Crippen LogP contribution in [0.3, 0.4) is 0 Å². The van der Waals surface area contributed by atoms with Gasteiger partial charge in [0, 0.05) is 18.0 Å². The van der Waals surface area contributed by atoms with Gasteiger partial charge in [-0.1, -0.05) is 12.1 Å². The molecule has 1 aromatic heterocycles. The standard InChI is InChI=1S/C21H17F3N2O4.C8H10O2/c1-12-3-5-17(18(9-12)29-2)30-16-6-4-13(21(22,23)24)10-15(16)20(28)26-14-7-8-25-19(27)11-14;1-6-3-4-7(9)8(5-6)10-2/h3-11H,1-2H3,(H2,25,26,27,28);3-5,9H,1-2H3. The summed E-state index contributed by atoms with van der Waals surface area (Å²) in [6.07, 6.45) is -3.35. The number of alkyl halides is 3. The smallest absolute Gasteiger partial charge is 0.416 e. The van der Waals surface area contributed by atoms with E-state index in [1.54, 1.807) is 30.3 Å². The van der Waals surface area contributed by atoms with E-state index in [9.17, 15) is 22.8 Å². The molecule has 11 heteroatoms. The monoisotopic (exact) mass is 556 g/mol. The van der Waals surface area contributed by atoms with Gasteiger partial charge in [0.2, 0.25) is 5.56 Å². The van der Waals surface area contributed by atoms with E-state index in [0.29, 0.717) is 17.6 Å². The number of anilines is 1. The highest BCUT2D eigenvalue weighted by Gasteiger charge is 2.32. The Bertz CT molecular complexity index is 1550. The summed E-state index contributed by atoms with van der Waals surface area (Å²) in [6, 6.07) is 15.3. The van der Waals surface area contributed by atoms with E-state index in [1.807, 2.05) is 19.9 Å². The fourth-order valence-corrected chi connectivity index (χ4v) is 3.46. The van der Waals surface area contributed by atoms with E-state index in [-0.39, 0.29) is 28.5 Å². The van der Waals surface area contributed by atoms with Crippen LogP contribution in [-0.4, -0.2) is 30.2 Å². The average Bonchev–Trinajstić information content (AvgIpc) is 2.91. The van der Waals surface area contributed by atoms with Crippen LogP contribution in [0.4, 0.5) is 18.9 Å². The van der Waals surface area contributed by atoms with Gasteiger partial charge in [0.1, 0.15) is 5.75 Å². The number of carbonyl (C=O) groups excluding carboxylic acids is 1. The Labute approximate surface area is 228 Å². The van der Waals surface area contributed by atoms with Gasteiger partial charge in [-0.05, 0) is 73.5 Å². The number of benzene rings is 3. The molecular formula is C29H27F3N2O6. The lowest BCUT2D eigenvalue weighted by molar-refractivity contribution is -0.137. The molecule has 0 saturated carbocycles. The van der Waals surface area contributed by atoms with E-state index in [4.69, 9.17) is 19.3 Å². The molecular weight excluding hydrogens is 529 g/mol. The molecule has 0 radical (unpaired) electrons. The lowest BCUT2D eigenvalue weighted by Crippen LogP contribution is -2.16. The van der Waals surface area contributed by atoms with Crippen LogP contribution in [0, 0.1) is 13.8 Å². The highest BCUT2D eigenvalue weighted by molar-refractivity contribution is 6.06. The number of phenolic OH excluding ortho intramolecular Hbond substituents is 1. The van der Waals surface area contributed by atoms with E-state index in [1.165, 1.54) is 26.5 Å². The van der Waals surface area contributed by atoms with Crippen LogP contribution in [-0.2, 0) is 6.18 Å². The zero-order valence-corrected chi connectivity index (χ0v) is 22.1. The van der Waals surface area contributed by atoms with Crippen molar-refractivity contribution in [2.45, 2.75) is 20.0 Å². The molecule has 0 aliphatic heterocycles. The number of methoxy groups -OCH3 is 2. The summed E-state index contributed by atoms with van der Waals surface area (Å²) in [5.74, 6) is 0.331. The van der Waals surface area contributed by atoms with Gasteiger partial charge in [-0.25, -0.2) is 0 Å². The largest absolute Gasteiger partial charge is 0.504 e. The number of carbonyl (C=O) groups is 1. The van der Waals surface area contributed by atoms with Crippen LogP contribution >= 0.6 is 0 Å². The highest BCUT2D eigenvalue weighted by Crippen LogP contribution is 2.37. The minimum atomic E-state index is -4.65. The number of pyridine rings is 1. The normalized spacial score (nSPS) is 10.7. The molecule has 4 rings (SSSR count). The summed E-state index contributed by atoms with van der Waals surface area (Å²) in [5, 5.41) is 11.5. The Morgan fingerprint density at radius 3 is 2.05 bits per heavy atom. The molecule has 0 unspecified atom stereocenters. The predicted molar refractivity (Wildman–Crippen MR) is 144 cm³/mol. The van der Waals surface area contributed by atoms with E-state index >= 15 is 0 Å². The molecule has 0 fully saturated rings. The van der Waals surface area contributed by atoms with Crippen LogP contribution in [0.15, 0.2) is 77.7 Å². The summed E-state index contributed by atoms with van der Waals surface area (Å²) in [6.45, 7) is 3.78. The van der Waals surface area contributed by atoms with Gasteiger partial charge < -0.3 is 29.6 Å². The molecule has 1 heterocycles. The summed E-state index contributed by atoms with van der Waals surface area (Å²) in [4.78, 5) is 26.5. The molecule has 0 saturated heterocycles. The SMILES string of the molecule is COc1cc(C)ccc1O.COc1cc(C)ccc1Oc1ccc(C(F)(F)F)cc1C(=O)Nc1cc[nH]c(=O)c1. The van der Waals surface area contributed by atoms with Gasteiger partial charge in [0.15, 0.2) is 23.0 Å². The van der Waals surface area contributed by atoms with Crippen molar-refractivity contribution in [1.29, 1.82) is 0 Å². The van der Waals surface area contributed by atoms with Gasteiger partial charge in [-0.2, -0.15) is 13.2 Å². The number of rotatable bonds is 6. The summed E-state index contributed by atoms with van der Waals surface area (Å²) in [7, 11) is 2.96. The predicted octanol–water partition coefficient (Wildman–Crippen LogP) is 6.46. The Kier molecular flexibility index (Phi) is 9.44. The molecule has 8 nitrogen and oxygen atoms in total. The lowest BCUT2D eigenvalue weighted by atomic mass is 10.1. The molecule has 40 heavy (non-hydrogen) atoms. The minimum absolute atomic E-state index is 0.104. The second-order valence-corrected chi connectivity index (χ2v) is 8.54. The van der Waals surface area contributed by atoms with Crippen molar-refractivity contribution in [2.75, 3.05) is 19.5 Å². The number of hydrogen-bond acceptors (Lipinski definition) is 6. The van der Waals surface area contributed by atoms with Crippen molar-refractivity contribution in [1.82, 2.24) is 4.98 Å².